The van der Waals surface area contributed by atoms with Crippen LogP contribution in [-0.4, -0.2) is 38.8 Å². The highest BCUT2D eigenvalue weighted by Gasteiger charge is 2.30. The number of rotatable bonds is 4. The number of carbonyl (C=O) groups excluding carboxylic acids is 1. The average Bonchev–Trinajstić information content (AvgIpc) is 2.41. The monoisotopic (exact) mass is 248 g/mol. The molecule has 1 saturated heterocycles. The number of hydrogen-bond acceptors (Lipinski definition) is 3. The molecule has 1 unspecified atom stereocenters. The predicted octanol–water partition coefficient (Wildman–Crippen LogP) is 1.20. The number of carbonyl (C=O) groups is 1. The van der Waals surface area contributed by atoms with Gasteiger partial charge < -0.3 is 15.0 Å². The highest BCUT2D eigenvalue weighted by atomic mass is 16.5. The Kier molecular flexibility index (Phi) is 4.33. The zero-order chi connectivity index (χ0) is 13.0. The molecule has 4 heteroatoms. The van der Waals surface area contributed by atoms with Gasteiger partial charge in [0.05, 0.1) is 6.61 Å². The van der Waals surface area contributed by atoms with E-state index < -0.39 is 0 Å². The van der Waals surface area contributed by atoms with Crippen LogP contribution in [0.25, 0.3) is 0 Å². The van der Waals surface area contributed by atoms with Crippen LogP contribution < -0.4 is 10.2 Å². The number of benzene rings is 1. The van der Waals surface area contributed by atoms with Crippen molar-refractivity contribution in [3.8, 4) is 0 Å². The molecule has 98 valence electrons. The summed E-state index contributed by atoms with van der Waals surface area (Å²) in [6.07, 6.45) is 0.561. The van der Waals surface area contributed by atoms with E-state index in [0.717, 1.165) is 12.1 Å². The van der Waals surface area contributed by atoms with Crippen LogP contribution >= 0.6 is 0 Å². The molecule has 4 nitrogen and oxygen atoms in total. The number of likely N-dealkylation sites (N-methyl/N-ethyl adjacent to an activating group) is 1. The van der Waals surface area contributed by atoms with Crippen molar-refractivity contribution in [2.24, 2.45) is 0 Å². The van der Waals surface area contributed by atoms with Gasteiger partial charge in [-0.05, 0) is 25.1 Å². The van der Waals surface area contributed by atoms with Crippen molar-refractivity contribution in [1.29, 1.82) is 0 Å². The smallest absolute Gasteiger partial charge is 0.257 e. The molecular weight excluding hydrogens is 228 g/mol. The third-order valence-electron chi connectivity index (χ3n) is 3.23. The van der Waals surface area contributed by atoms with Crippen molar-refractivity contribution in [1.82, 2.24) is 5.32 Å². The summed E-state index contributed by atoms with van der Waals surface area (Å²) in [6, 6.07) is 8.08. The Hall–Kier alpha value is -1.39. The van der Waals surface area contributed by atoms with Crippen LogP contribution in [-0.2, 0) is 16.0 Å². The summed E-state index contributed by atoms with van der Waals surface area (Å²) in [5.41, 5.74) is 2.23. The molecule has 1 aliphatic rings. The second kappa shape index (κ2) is 5.98. The summed E-state index contributed by atoms with van der Waals surface area (Å²) >= 11 is 0. The van der Waals surface area contributed by atoms with Crippen LogP contribution in [0.1, 0.15) is 12.5 Å². The molecule has 1 amide bonds. The lowest BCUT2D eigenvalue weighted by Crippen LogP contribution is -2.51. The number of hydrogen-bond donors (Lipinski definition) is 1. The van der Waals surface area contributed by atoms with E-state index in [1.54, 1.807) is 0 Å². The minimum absolute atomic E-state index is 0.0523. The first kappa shape index (κ1) is 13.1. The summed E-state index contributed by atoms with van der Waals surface area (Å²) in [6.45, 7) is 3.89. The minimum atomic E-state index is -0.367. The first-order valence-corrected chi connectivity index (χ1v) is 6.43. The minimum Gasteiger partial charge on any atom is -0.365 e. The van der Waals surface area contributed by atoms with E-state index in [0.29, 0.717) is 19.7 Å². The van der Waals surface area contributed by atoms with Crippen molar-refractivity contribution in [3.05, 3.63) is 29.8 Å². The fourth-order valence-corrected chi connectivity index (χ4v) is 2.29. The predicted molar refractivity (Wildman–Crippen MR) is 71.8 cm³/mol. The van der Waals surface area contributed by atoms with Crippen LogP contribution in [0.15, 0.2) is 24.3 Å². The Labute approximate surface area is 108 Å². The van der Waals surface area contributed by atoms with Gasteiger partial charge in [-0.25, -0.2) is 0 Å². The topological polar surface area (TPSA) is 41.6 Å². The molecule has 0 aromatic heterocycles. The maximum absolute atomic E-state index is 12.3. The number of para-hydroxylation sites is 1. The summed E-state index contributed by atoms with van der Waals surface area (Å²) < 4.78 is 5.50. The fourth-order valence-electron chi connectivity index (χ4n) is 2.29. The maximum atomic E-state index is 12.3. The first-order valence-electron chi connectivity index (χ1n) is 6.43. The van der Waals surface area contributed by atoms with Gasteiger partial charge in [-0.2, -0.15) is 0 Å². The number of ether oxygens (including phenoxy) is 1. The van der Waals surface area contributed by atoms with E-state index >= 15 is 0 Å². The number of nitrogens with one attached hydrogen (secondary N) is 1. The summed E-state index contributed by atoms with van der Waals surface area (Å²) in [5, 5.41) is 3.00. The normalized spacial score (nSPS) is 20.2. The van der Waals surface area contributed by atoms with Crippen molar-refractivity contribution < 1.29 is 9.53 Å². The average molecular weight is 248 g/mol. The van der Waals surface area contributed by atoms with Gasteiger partial charge in [-0.3, -0.25) is 4.79 Å². The van der Waals surface area contributed by atoms with Gasteiger partial charge in [-0.15, -0.1) is 0 Å². The van der Waals surface area contributed by atoms with Gasteiger partial charge in [-0.1, -0.05) is 25.1 Å². The van der Waals surface area contributed by atoms with Gasteiger partial charge in [0.15, 0.2) is 0 Å². The first-order chi connectivity index (χ1) is 8.77. The maximum Gasteiger partial charge on any atom is 0.257 e. The van der Waals surface area contributed by atoms with Crippen molar-refractivity contribution in [2.45, 2.75) is 19.4 Å². The van der Waals surface area contributed by atoms with E-state index in [2.05, 4.69) is 18.3 Å². The molecule has 0 spiro atoms. The van der Waals surface area contributed by atoms with Crippen LogP contribution in [0.5, 0.6) is 0 Å². The molecule has 0 saturated carbocycles. The standard InChI is InChI=1S/C14H20N2O2/c1-3-11-6-4-5-7-12(11)16-8-9-18-13(10-15-2)14(16)17/h4-7,13,15H,3,8-10H2,1-2H3. The van der Waals surface area contributed by atoms with Crippen LogP contribution in [0.2, 0.25) is 0 Å². The molecule has 1 N–H and O–H groups in total. The molecular formula is C14H20N2O2. The summed E-state index contributed by atoms with van der Waals surface area (Å²) in [4.78, 5) is 14.2. The van der Waals surface area contributed by atoms with E-state index in [-0.39, 0.29) is 12.0 Å². The zero-order valence-corrected chi connectivity index (χ0v) is 11.0. The number of nitrogens with zero attached hydrogens (tertiary/aromatic N) is 1. The Morgan fingerprint density at radius 1 is 1.44 bits per heavy atom. The van der Waals surface area contributed by atoms with Crippen molar-refractivity contribution in [2.75, 3.05) is 31.6 Å². The lowest BCUT2D eigenvalue weighted by Gasteiger charge is -2.33. The molecule has 1 heterocycles. The summed E-state index contributed by atoms with van der Waals surface area (Å²) in [5.74, 6) is 0.0523. The van der Waals surface area contributed by atoms with Crippen molar-refractivity contribution >= 4 is 11.6 Å². The van der Waals surface area contributed by atoms with Gasteiger partial charge in [0.2, 0.25) is 0 Å². The third kappa shape index (κ3) is 2.54. The van der Waals surface area contributed by atoms with Crippen LogP contribution in [0, 0.1) is 0 Å². The number of aryl methyl sites for hydroxylation is 1. The van der Waals surface area contributed by atoms with Gasteiger partial charge in [0.25, 0.3) is 5.91 Å². The largest absolute Gasteiger partial charge is 0.365 e. The molecule has 0 aliphatic carbocycles. The second-order valence-corrected chi connectivity index (χ2v) is 4.39. The SMILES string of the molecule is CCc1ccccc1N1CCOC(CNC)C1=O. The molecule has 1 atom stereocenters. The Bertz CT molecular complexity index is 418. The van der Waals surface area contributed by atoms with Crippen LogP contribution in [0.4, 0.5) is 5.69 Å². The Morgan fingerprint density at radius 2 is 2.22 bits per heavy atom. The van der Waals surface area contributed by atoms with E-state index in [9.17, 15) is 4.79 Å². The van der Waals surface area contributed by atoms with Gasteiger partial charge in [0, 0.05) is 18.8 Å². The van der Waals surface area contributed by atoms with E-state index in [1.165, 1.54) is 5.56 Å². The quantitative estimate of drug-likeness (QED) is 0.870. The summed E-state index contributed by atoms with van der Waals surface area (Å²) in [7, 11) is 1.83. The third-order valence-corrected chi connectivity index (χ3v) is 3.23. The number of morpholine rings is 1. The highest BCUT2D eigenvalue weighted by molar-refractivity contribution is 5.98. The fraction of sp³-hybridized carbons (Fsp3) is 0.500. The lowest BCUT2D eigenvalue weighted by atomic mass is 10.1. The molecule has 0 bridgehead atoms. The molecule has 1 aliphatic heterocycles. The molecule has 1 aromatic rings. The van der Waals surface area contributed by atoms with E-state index in [1.807, 2.05) is 30.1 Å². The molecule has 1 fully saturated rings. The second-order valence-electron chi connectivity index (χ2n) is 4.39. The molecule has 0 radical (unpaired) electrons. The molecule has 2 rings (SSSR count). The Morgan fingerprint density at radius 3 is 2.94 bits per heavy atom. The number of amides is 1. The van der Waals surface area contributed by atoms with Crippen LogP contribution in [0.3, 0.4) is 0 Å². The van der Waals surface area contributed by atoms with Gasteiger partial charge in [0.1, 0.15) is 6.10 Å². The van der Waals surface area contributed by atoms with Crippen molar-refractivity contribution in [3.63, 3.8) is 0 Å². The lowest BCUT2D eigenvalue weighted by molar-refractivity contribution is -0.133. The Balaban J connectivity index is 2.23. The zero-order valence-electron chi connectivity index (χ0n) is 11.0. The molecule has 1 aromatic carbocycles. The van der Waals surface area contributed by atoms with E-state index in [4.69, 9.17) is 4.74 Å². The number of anilines is 1. The molecule has 18 heavy (non-hydrogen) atoms. The van der Waals surface area contributed by atoms with Gasteiger partial charge >= 0.3 is 0 Å². The highest BCUT2D eigenvalue weighted by Crippen LogP contribution is 2.23.